The van der Waals surface area contributed by atoms with Crippen LogP contribution in [-0.4, -0.2) is 11.1 Å². The van der Waals surface area contributed by atoms with E-state index >= 15 is 0 Å². The van der Waals surface area contributed by atoms with Gasteiger partial charge in [-0.1, -0.05) is 18.6 Å². The van der Waals surface area contributed by atoms with E-state index in [1.54, 1.807) is 0 Å². The average molecular weight is 154 g/mol. The molecule has 2 nitrogen and oxygen atoms in total. The first-order valence-corrected chi connectivity index (χ1v) is 4.10. The lowest BCUT2D eigenvalue weighted by Gasteiger charge is -2.15. The highest BCUT2D eigenvalue weighted by atomic mass is 16.4. The monoisotopic (exact) mass is 154 g/mol. The van der Waals surface area contributed by atoms with Gasteiger partial charge in [-0.05, 0) is 25.2 Å². The summed E-state index contributed by atoms with van der Waals surface area (Å²) in [6.45, 7) is 2.14. The van der Waals surface area contributed by atoms with Crippen LogP contribution in [0.25, 0.3) is 0 Å². The molecule has 0 aromatic carbocycles. The molecule has 0 amide bonds. The average Bonchev–Trinajstić information content (AvgIpc) is 1.85. The Labute approximate surface area is 66.9 Å². The number of carboxylic acids is 1. The van der Waals surface area contributed by atoms with Crippen molar-refractivity contribution in [1.82, 2.24) is 0 Å². The number of aliphatic carboxylic acids is 1. The second-order valence-electron chi connectivity index (χ2n) is 3.26. The van der Waals surface area contributed by atoms with Gasteiger partial charge in [0, 0.05) is 0 Å². The molecule has 11 heavy (non-hydrogen) atoms. The van der Waals surface area contributed by atoms with Crippen molar-refractivity contribution in [1.29, 1.82) is 0 Å². The number of rotatable bonds is 2. The van der Waals surface area contributed by atoms with Crippen LogP contribution in [0.1, 0.15) is 32.6 Å². The van der Waals surface area contributed by atoms with Crippen molar-refractivity contribution in [2.45, 2.75) is 32.6 Å². The molecular formula is C9H14O2. The van der Waals surface area contributed by atoms with Crippen LogP contribution in [0.3, 0.4) is 0 Å². The smallest absolute Gasteiger partial charge is 0.307 e. The highest BCUT2D eigenvalue weighted by molar-refractivity contribution is 5.70. The molecule has 0 saturated heterocycles. The van der Waals surface area contributed by atoms with E-state index in [0.29, 0.717) is 5.92 Å². The summed E-state index contributed by atoms with van der Waals surface area (Å²) in [4.78, 5) is 10.3. The first kappa shape index (κ1) is 8.31. The van der Waals surface area contributed by atoms with E-state index in [1.165, 1.54) is 6.42 Å². The number of allylic oxidation sites excluding steroid dienone is 1. The van der Waals surface area contributed by atoms with E-state index in [9.17, 15) is 4.79 Å². The van der Waals surface area contributed by atoms with Crippen molar-refractivity contribution in [3.8, 4) is 0 Å². The number of hydrogen-bond acceptors (Lipinski definition) is 1. The second-order valence-corrected chi connectivity index (χ2v) is 3.26. The SMILES string of the molecule is C[C@@H]1C=C(CC(=O)O)CCC1. The predicted octanol–water partition coefficient (Wildman–Crippen LogP) is 2.21. The van der Waals surface area contributed by atoms with Gasteiger partial charge in [0.25, 0.3) is 0 Å². The Balaban J connectivity index is 2.49. The molecule has 1 rings (SSSR count). The summed E-state index contributed by atoms with van der Waals surface area (Å²) in [7, 11) is 0. The Kier molecular flexibility index (Phi) is 2.69. The van der Waals surface area contributed by atoms with Gasteiger partial charge in [0.15, 0.2) is 0 Å². The lowest BCUT2D eigenvalue weighted by Crippen LogP contribution is -2.04. The molecule has 0 heterocycles. The van der Waals surface area contributed by atoms with Gasteiger partial charge in [0.2, 0.25) is 0 Å². The Morgan fingerprint density at radius 1 is 1.82 bits per heavy atom. The van der Waals surface area contributed by atoms with Crippen LogP contribution in [0, 0.1) is 5.92 Å². The molecule has 0 saturated carbocycles. The van der Waals surface area contributed by atoms with Gasteiger partial charge in [0.1, 0.15) is 0 Å². The molecular weight excluding hydrogens is 140 g/mol. The van der Waals surface area contributed by atoms with Crippen LogP contribution in [0.5, 0.6) is 0 Å². The van der Waals surface area contributed by atoms with Crippen LogP contribution in [0.15, 0.2) is 11.6 Å². The molecule has 2 heteroatoms. The van der Waals surface area contributed by atoms with Crippen molar-refractivity contribution in [2.75, 3.05) is 0 Å². The molecule has 0 fully saturated rings. The summed E-state index contributed by atoms with van der Waals surface area (Å²) in [5.41, 5.74) is 1.11. The molecule has 0 aromatic heterocycles. The largest absolute Gasteiger partial charge is 0.481 e. The Morgan fingerprint density at radius 2 is 2.55 bits per heavy atom. The van der Waals surface area contributed by atoms with Gasteiger partial charge >= 0.3 is 5.97 Å². The summed E-state index contributed by atoms with van der Waals surface area (Å²) in [5.74, 6) is -0.122. The fourth-order valence-electron chi connectivity index (χ4n) is 1.56. The second kappa shape index (κ2) is 3.56. The van der Waals surface area contributed by atoms with Gasteiger partial charge < -0.3 is 5.11 Å². The first-order chi connectivity index (χ1) is 5.18. The topological polar surface area (TPSA) is 37.3 Å². The quantitative estimate of drug-likeness (QED) is 0.619. The fraction of sp³-hybridized carbons (Fsp3) is 0.667. The molecule has 1 aliphatic rings. The number of carboxylic acid groups (broad SMARTS) is 1. The van der Waals surface area contributed by atoms with E-state index < -0.39 is 5.97 Å². The molecule has 0 spiro atoms. The molecule has 1 N–H and O–H groups in total. The molecule has 0 aromatic rings. The zero-order chi connectivity index (χ0) is 8.27. The van der Waals surface area contributed by atoms with E-state index in [2.05, 4.69) is 13.0 Å². The Bertz CT molecular complexity index is 182. The third kappa shape index (κ3) is 2.74. The van der Waals surface area contributed by atoms with Gasteiger partial charge in [-0.15, -0.1) is 0 Å². The summed E-state index contributed by atoms with van der Waals surface area (Å²) in [6, 6.07) is 0. The lowest BCUT2D eigenvalue weighted by molar-refractivity contribution is -0.136. The molecule has 0 bridgehead atoms. The van der Waals surface area contributed by atoms with E-state index in [1.807, 2.05) is 0 Å². The highest BCUT2D eigenvalue weighted by Crippen LogP contribution is 2.24. The summed E-state index contributed by atoms with van der Waals surface area (Å²) >= 11 is 0. The van der Waals surface area contributed by atoms with Crippen molar-refractivity contribution < 1.29 is 9.90 Å². The number of carbonyl (C=O) groups is 1. The lowest BCUT2D eigenvalue weighted by atomic mass is 9.90. The normalized spacial score (nSPS) is 24.5. The zero-order valence-corrected chi connectivity index (χ0v) is 6.84. The van der Waals surface area contributed by atoms with Crippen molar-refractivity contribution in [2.24, 2.45) is 5.92 Å². The van der Waals surface area contributed by atoms with Crippen molar-refractivity contribution in [3.05, 3.63) is 11.6 Å². The predicted molar refractivity (Wildman–Crippen MR) is 43.4 cm³/mol. The third-order valence-corrected chi connectivity index (χ3v) is 2.06. The van der Waals surface area contributed by atoms with Gasteiger partial charge in [-0.2, -0.15) is 0 Å². The van der Waals surface area contributed by atoms with Crippen LogP contribution in [0.4, 0.5) is 0 Å². The van der Waals surface area contributed by atoms with Crippen LogP contribution >= 0.6 is 0 Å². The van der Waals surface area contributed by atoms with Crippen LogP contribution in [0.2, 0.25) is 0 Å². The molecule has 1 atom stereocenters. The van der Waals surface area contributed by atoms with Gasteiger partial charge in [0.05, 0.1) is 6.42 Å². The van der Waals surface area contributed by atoms with Crippen molar-refractivity contribution >= 4 is 5.97 Å². The van der Waals surface area contributed by atoms with Gasteiger partial charge in [-0.3, -0.25) is 4.79 Å². The number of hydrogen-bond donors (Lipinski definition) is 1. The Hall–Kier alpha value is -0.790. The maximum Gasteiger partial charge on any atom is 0.307 e. The zero-order valence-electron chi connectivity index (χ0n) is 6.84. The highest BCUT2D eigenvalue weighted by Gasteiger charge is 2.11. The molecule has 0 aliphatic heterocycles. The molecule has 0 unspecified atom stereocenters. The minimum atomic E-state index is -0.703. The van der Waals surface area contributed by atoms with Crippen LogP contribution < -0.4 is 0 Å². The van der Waals surface area contributed by atoms with Crippen LogP contribution in [-0.2, 0) is 4.79 Å². The summed E-state index contributed by atoms with van der Waals surface area (Å²) in [6.07, 6.45) is 5.70. The third-order valence-electron chi connectivity index (χ3n) is 2.06. The minimum absolute atomic E-state index is 0.240. The minimum Gasteiger partial charge on any atom is -0.481 e. The summed E-state index contributed by atoms with van der Waals surface area (Å²) in [5, 5.41) is 8.51. The standard InChI is InChI=1S/C9H14O2/c1-7-3-2-4-8(5-7)6-9(10)11/h5,7H,2-4,6H2,1H3,(H,10,11)/t7-/m0/s1. The molecule has 62 valence electrons. The van der Waals surface area contributed by atoms with E-state index in [0.717, 1.165) is 18.4 Å². The molecule has 1 aliphatic carbocycles. The fourth-order valence-corrected chi connectivity index (χ4v) is 1.56. The van der Waals surface area contributed by atoms with E-state index in [-0.39, 0.29) is 6.42 Å². The van der Waals surface area contributed by atoms with E-state index in [4.69, 9.17) is 5.11 Å². The maximum absolute atomic E-state index is 10.3. The maximum atomic E-state index is 10.3. The van der Waals surface area contributed by atoms with Gasteiger partial charge in [-0.25, -0.2) is 0 Å². The molecule has 0 radical (unpaired) electrons. The first-order valence-electron chi connectivity index (χ1n) is 4.10. The summed E-state index contributed by atoms with van der Waals surface area (Å²) < 4.78 is 0. The van der Waals surface area contributed by atoms with Crippen molar-refractivity contribution in [3.63, 3.8) is 0 Å². The Morgan fingerprint density at radius 3 is 3.09 bits per heavy atom.